The molecular formula is C25H25F3N2O2S2. The molecule has 9 heteroatoms. The summed E-state index contributed by atoms with van der Waals surface area (Å²) in [5.74, 6) is -0.646. The molecule has 1 N–H and O–H groups in total. The number of carbonyl (C=O) groups excluding carboxylic acids is 2. The van der Waals surface area contributed by atoms with Gasteiger partial charge in [-0.05, 0) is 47.2 Å². The first kappa shape index (κ1) is 26.0. The molecule has 0 aromatic heterocycles. The molecule has 0 aliphatic carbocycles. The van der Waals surface area contributed by atoms with E-state index in [9.17, 15) is 22.8 Å². The Balaban J connectivity index is 1.55. The molecule has 0 unspecified atom stereocenters. The second kappa shape index (κ2) is 10.3. The van der Waals surface area contributed by atoms with Crippen LogP contribution in [0.1, 0.15) is 50.3 Å². The molecule has 0 bridgehead atoms. The van der Waals surface area contributed by atoms with Crippen LogP contribution < -0.4 is 5.32 Å². The van der Waals surface area contributed by atoms with Crippen LogP contribution in [0.2, 0.25) is 0 Å². The summed E-state index contributed by atoms with van der Waals surface area (Å²) in [4.78, 5) is 26.9. The largest absolute Gasteiger partial charge is 0.416 e. The third kappa shape index (κ3) is 6.70. The van der Waals surface area contributed by atoms with Gasteiger partial charge in [-0.3, -0.25) is 14.5 Å². The summed E-state index contributed by atoms with van der Waals surface area (Å²) < 4.78 is 38.9. The lowest BCUT2D eigenvalue weighted by molar-refractivity contribution is -0.137. The van der Waals surface area contributed by atoms with Gasteiger partial charge in [-0.1, -0.05) is 75.1 Å². The van der Waals surface area contributed by atoms with E-state index in [1.807, 2.05) is 24.3 Å². The molecule has 1 aliphatic heterocycles. The molecule has 4 nitrogen and oxygen atoms in total. The number of hydrogen-bond acceptors (Lipinski definition) is 4. The molecule has 0 atom stereocenters. The highest BCUT2D eigenvalue weighted by atomic mass is 32.2. The van der Waals surface area contributed by atoms with Gasteiger partial charge in [0.15, 0.2) is 0 Å². The lowest BCUT2D eigenvalue weighted by atomic mass is 9.87. The van der Waals surface area contributed by atoms with Gasteiger partial charge in [0.1, 0.15) is 4.32 Å². The lowest BCUT2D eigenvalue weighted by Crippen LogP contribution is -2.29. The standard InChI is InChI=1S/C25H25F3N2O2S2/c1-24(2,3)17-11-9-16(10-12-17)14-20-22(32)30(23(33)34-20)13-5-8-21(31)29-19-7-4-6-18(15-19)25(26,27)28/h4,6-7,9-12,14-15H,5,8,13H2,1-3H3,(H,29,31)/b20-14-. The van der Waals surface area contributed by atoms with E-state index in [0.29, 0.717) is 15.6 Å². The number of rotatable bonds is 6. The smallest absolute Gasteiger partial charge is 0.326 e. The van der Waals surface area contributed by atoms with E-state index in [1.54, 1.807) is 6.08 Å². The number of nitrogens with zero attached hydrogens (tertiary/aromatic N) is 1. The zero-order valence-electron chi connectivity index (χ0n) is 19.0. The minimum atomic E-state index is -4.48. The van der Waals surface area contributed by atoms with Crippen molar-refractivity contribution in [1.82, 2.24) is 4.90 Å². The average molecular weight is 507 g/mol. The minimum Gasteiger partial charge on any atom is -0.326 e. The van der Waals surface area contributed by atoms with Crippen molar-refractivity contribution in [3.8, 4) is 0 Å². The third-order valence-electron chi connectivity index (χ3n) is 5.21. The SMILES string of the molecule is CC(C)(C)c1ccc(/C=C2\SC(=S)N(CCCC(=O)Nc3cccc(C(F)(F)F)c3)C2=O)cc1. The van der Waals surface area contributed by atoms with Crippen molar-refractivity contribution in [2.75, 3.05) is 11.9 Å². The van der Waals surface area contributed by atoms with Crippen molar-refractivity contribution >= 4 is 51.9 Å². The molecule has 2 aromatic carbocycles. The number of benzene rings is 2. The van der Waals surface area contributed by atoms with Crippen LogP contribution >= 0.6 is 24.0 Å². The fourth-order valence-corrected chi connectivity index (χ4v) is 4.63. The molecule has 2 aromatic rings. The van der Waals surface area contributed by atoms with Crippen molar-refractivity contribution < 1.29 is 22.8 Å². The molecule has 2 amide bonds. The van der Waals surface area contributed by atoms with Gasteiger partial charge in [-0.15, -0.1) is 0 Å². The maximum Gasteiger partial charge on any atom is 0.416 e. The number of thioether (sulfide) groups is 1. The first-order chi connectivity index (χ1) is 15.8. The van der Waals surface area contributed by atoms with E-state index < -0.39 is 17.6 Å². The minimum absolute atomic E-state index is 0.0371. The van der Waals surface area contributed by atoms with Crippen molar-refractivity contribution in [2.45, 2.75) is 45.2 Å². The summed E-state index contributed by atoms with van der Waals surface area (Å²) in [5.41, 5.74) is 1.37. The van der Waals surface area contributed by atoms with Crippen LogP contribution in [0.15, 0.2) is 53.4 Å². The second-order valence-corrected chi connectivity index (χ2v) is 10.6. The quantitative estimate of drug-likeness (QED) is 0.353. The van der Waals surface area contributed by atoms with Gasteiger partial charge in [0.2, 0.25) is 5.91 Å². The topological polar surface area (TPSA) is 49.4 Å². The highest BCUT2D eigenvalue weighted by Gasteiger charge is 2.32. The number of anilines is 1. The predicted molar refractivity (Wildman–Crippen MR) is 134 cm³/mol. The Labute approximate surface area is 206 Å². The van der Waals surface area contributed by atoms with Gasteiger partial charge in [-0.2, -0.15) is 13.2 Å². The summed E-state index contributed by atoms with van der Waals surface area (Å²) in [6, 6.07) is 12.5. The molecule has 1 saturated heterocycles. The van der Waals surface area contributed by atoms with Crippen LogP contribution in [0.3, 0.4) is 0 Å². The molecule has 1 heterocycles. The summed E-state index contributed by atoms with van der Waals surface area (Å²) >= 11 is 6.55. The van der Waals surface area contributed by atoms with E-state index in [2.05, 4.69) is 26.1 Å². The maximum atomic E-state index is 12.8. The van der Waals surface area contributed by atoms with Crippen LogP contribution in [0.25, 0.3) is 6.08 Å². The Bertz CT molecular complexity index is 1120. The Kier molecular flexibility index (Phi) is 7.88. The zero-order valence-corrected chi connectivity index (χ0v) is 20.7. The molecule has 1 fully saturated rings. The predicted octanol–water partition coefficient (Wildman–Crippen LogP) is 6.62. The Morgan fingerprint density at radius 2 is 1.76 bits per heavy atom. The molecule has 0 radical (unpaired) electrons. The van der Waals surface area contributed by atoms with Gasteiger partial charge in [-0.25, -0.2) is 0 Å². The van der Waals surface area contributed by atoms with E-state index in [1.165, 1.54) is 34.4 Å². The van der Waals surface area contributed by atoms with Crippen LogP contribution in [-0.4, -0.2) is 27.6 Å². The lowest BCUT2D eigenvalue weighted by Gasteiger charge is -2.18. The Hall–Kier alpha value is -2.65. The summed E-state index contributed by atoms with van der Waals surface area (Å²) in [6.45, 7) is 6.65. The van der Waals surface area contributed by atoms with Gasteiger partial charge < -0.3 is 5.32 Å². The van der Waals surface area contributed by atoms with Crippen LogP contribution in [-0.2, 0) is 21.2 Å². The first-order valence-electron chi connectivity index (χ1n) is 10.7. The molecule has 34 heavy (non-hydrogen) atoms. The number of nitrogens with one attached hydrogen (secondary N) is 1. The normalized spacial score (nSPS) is 15.8. The van der Waals surface area contributed by atoms with E-state index in [4.69, 9.17) is 12.2 Å². The van der Waals surface area contributed by atoms with Crippen molar-refractivity contribution in [1.29, 1.82) is 0 Å². The number of halogens is 3. The zero-order chi connectivity index (χ0) is 25.1. The third-order valence-corrected chi connectivity index (χ3v) is 6.59. The van der Waals surface area contributed by atoms with E-state index in [-0.39, 0.29) is 30.0 Å². The summed E-state index contributed by atoms with van der Waals surface area (Å²) in [5, 5.41) is 2.47. The molecule has 3 rings (SSSR count). The fraction of sp³-hybridized carbons (Fsp3) is 0.320. The van der Waals surface area contributed by atoms with Crippen LogP contribution in [0.5, 0.6) is 0 Å². The fourth-order valence-electron chi connectivity index (χ4n) is 3.32. The Morgan fingerprint density at radius 3 is 2.38 bits per heavy atom. The van der Waals surface area contributed by atoms with Gasteiger partial charge in [0, 0.05) is 18.7 Å². The molecular weight excluding hydrogens is 481 g/mol. The van der Waals surface area contributed by atoms with Gasteiger partial charge >= 0.3 is 6.18 Å². The monoisotopic (exact) mass is 506 g/mol. The average Bonchev–Trinajstić information content (AvgIpc) is 3.00. The Morgan fingerprint density at radius 1 is 1.09 bits per heavy atom. The number of alkyl halides is 3. The number of thiocarbonyl (C=S) groups is 1. The maximum absolute atomic E-state index is 12.8. The van der Waals surface area contributed by atoms with Crippen molar-refractivity contribution in [2.24, 2.45) is 0 Å². The molecule has 180 valence electrons. The highest BCUT2D eigenvalue weighted by molar-refractivity contribution is 8.26. The van der Waals surface area contributed by atoms with Crippen LogP contribution in [0, 0.1) is 0 Å². The van der Waals surface area contributed by atoms with E-state index >= 15 is 0 Å². The van der Waals surface area contributed by atoms with Crippen LogP contribution in [0.4, 0.5) is 18.9 Å². The highest BCUT2D eigenvalue weighted by Crippen LogP contribution is 2.33. The molecule has 0 spiro atoms. The number of carbonyl (C=O) groups is 2. The summed E-state index contributed by atoms with van der Waals surface area (Å²) in [6.07, 6.45) is -2.32. The summed E-state index contributed by atoms with van der Waals surface area (Å²) in [7, 11) is 0. The number of amides is 2. The second-order valence-electron chi connectivity index (χ2n) is 8.94. The van der Waals surface area contributed by atoms with Crippen molar-refractivity contribution in [3.05, 3.63) is 70.1 Å². The molecule has 0 saturated carbocycles. The van der Waals surface area contributed by atoms with E-state index in [0.717, 1.165) is 17.7 Å². The van der Waals surface area contributed by atoms with Crippen molar-refractivity contribution in [3.63, 3.8) is 0 Å². The van der Waals surface area contributed by atoms with Gasteiger partial charge in [0.05, 0.1) is 10.5 Å². The molecule has 1 aliphatic rings. The first-order valence-corrected chi connectivity index (χ1v) is 11.9. The number of hydrogen-bond donors (Lipinski definition) is 1. The van der Waals surface area contributed by atoms with Gasteiger partial charge in [0.25, 0.3) is 5.91 Å².